The Balaban J connectivity index is 2.35. The van der Waals surface area contributed by atoms with Crippen molar-refractivity contribution in [2.75, 3.05) is 13.2 Å². The molecule has 116 valence electrons. The van der Waals surface area contributed by atoms with Crippen LogP contribution in [0.25, 0.3) is 0 Å². The monoisotopic (exact) mass is 298 g/mol. The molecule has 0 aliphatic heterocycles. The van der Waals surface area contributed by atoms with Crippen LogP contribution in [-0.4, -0.2) is 25.3 Å². The van der Waals surface area contributed by atoms with Gasteiger partial charge >= 0.3 is 12.1 Å². The highest BCUT2D eigenvalue weighted by Crippen LogP contribution is 2.13. The van der Waals surface area contributed by atoms with Gasteiger partial charge in [0.05, 0.1) is 23.8 Å². The Morgan fingerprint density at radius 1 is 1.05 bits per heavy atom. The molecule has 0 heterocycles. The zero-order chi connectivity index (χ0) is 15.5. The van der Waals surface area contributed by atoms with E-state index in [9.17, 15) is 9.59 Å². The maximum atomic E-state index is 11.5. The van der Waals surface area contributed by atoms with Gasteiger partial charge in [-0.25, -0.2) is 14.5 Å². The van der Waals surface area contributed by atoms with Gasteiger partial charge < -0.3 is 9.47 Å². The first-order valence-corrected chi connectivity index (χ1v) is 6.62. The molecule has 0 aliphatic rings. The summed E-state index contributed by atoms with van der Waals surface area (Å²) in [5.74, 6) is -0.150. The molecule has 0 saturated carbocycles. The molecule has 0 unspecified atom stereocenters. The molecule has 0 saturated heterocycles. The van der Waals surface area contributed by atoms with E-state index in [1.54, 1.807) is 19.1 Å². The fraction of sp³-hybridized carbons (Fsp3) is 0.429. The summed E-state index contributed by atoms with van der Waals surface area (Å²) in [6.07, 6.45) is 0.912. The van der Waals surface area contributed by atoms with E-state index in [4.69, 9.17) is 4.74 Å². The van der Waals surface area contributed by atoms with E-state index in [-0.39, 0.29) is 12.2 Å². The lowest BCUT2D eigenvalue weighted by atomic mass is 10.2. The minimum atomic E-state index is -1.09. The van der Waals surface area contributed by atoms with E-state index in [1.165, 1.54) is 12.1 Å². The fourth-order valence-corrected chi connectivity index (χ4v) is 1.29. The Hall–Kier alpha value is -2.28. The topological polar surface area (TPSA) is 80.3 Å². The summed E-state index contributed by atoms with van der Waals surface area (Å²) in [7, 11) is 0. The molecule has 0 spiro atoms. The van der Waals surface area contributed by atoms with Crippen molar-refractivity contribution in [2.45, 2.75) is 26.7 Å². The number of hydrogen-bond acceptors (Lipinski definition) is 7. The van der Waals surface area contributed by atoms with Gasteiger partial charge in [-0.15, -0.1) is 0 Å². The van der Waals surface area contributed by atoms with E-state index in [0.29, 0.717) is 12.4 Å². The number of rotatable bonds is 8. The van der Waals surface area contributed by atoms with Gasteiger partial charge in [-0.2, -0.15) is 0 Å². The third kappa shape index (κ3) is 6.62. The van der Waals surface area contributed by atoms with Crippen LogP contribution in [0.2, 0.25) is 0 Å². The van der Waals surface area contributed by atoms with Crippen LogP contribution in [0.15, 0.2) is 24.3 Å². The maximum Gasteiger partial charge on any atom is 0.543 e. The normalized spacial score (nSPS) is 9.81. The minimum absolute atomic E-state index is 0.121. The number of carbonyl (C=O) groups excluding carboxylic acids is 2. The van der Waals surface area contributed by atoms with E-state index < -0.39 is 12.1 Å². The fourth-order valence-electron chi connectivity index (χ4n) is 1.29. The Labute approximate surface area is 122 Å². The number of ether oxygens (including phenoxy) is 2. The largest absolute Gasteiger partial charge is 0.543 e. The molecular weight excluding hydrogens is 280 g/mol. The predicted molar refractivity (Wildman–Crippen MR) is 71.5 cm³/mol. The Kier molecular flexibility index (Phi) is 7.67. The van der Waals surface area contributed by atoms with Crippen molar-refractivity contribution in [3.63, 3.8) is 0 Å². The summed E-state index contributed by atoms with van der Waals surface area (Å²) in [6.45, 7) is 4.41. The van der Waals surface area contributed by atoms with Crippen molar-refractivity contribution in [2.24, 2.45) is 0 Å². The summed E-state index contributed by atoms with van der Waals surface area (Å²) in [6, 6.07) is 6.30. The first-order valence-electron chi connectivity index (χ1n) is 6.62. The SMILES string of the molecule is CCCCOc1ccc(C(=O)OOOC(=O)OCC)cc1. The third-order valence-electron chi connectivity index (χ3n) is 2.33. The summed E-state index contributed by atoms with van der Waals surface area (Å²) in [5, 5.41) is 4.02. The summed E-state index contributed by atoms with van der Waals surface area (Å²) < 4.78 is 9.85. The molecule has 1 aromatic carbocycles. The molecule has 0 atom stereocenters. The average Bonchev–Trinajstić information content (AvgIpc) is 2.48. The molecule has 0 amide bonds. The van der Waals surface area contributed by atoms with Crippen molar-refractivity contribution in [1.82, 2.24) is 0 Å². The number of hydrogen-bond donors (Lipinski definition) is 0. The van der Waals surface area contributed by atoms with Crippen LogP contribution < -0.4 is 4.74 Å². The van der Waals surface area contributed by atoms with Gasteiger partial charge in [-0.05, 0) is 37.6 Å². The lowest BCUT2D eigenvalue weighted by Gasteiger charge is -2.06. The molecule has 1 aromatic rings. The van der Waals surface area contributed by atoms with Gasteiger partial charge in [0.15, 0.2) is 0 Å². The molecule has 7 nitrogen and oxygen atoms in total. The van der Waals surface area contributed by atoms with Crippen LogP contribution in [0.5, 0.6) is 5.75 Å². The Morgan fingerprint density at radius 2 is 1.76 bits per heavy atom. The minimum Gasteiger partial charge on any atom is -0.494 e. The Bertz CT molecular complexity index is 441. The molecule has 0 bridgehead atoms. The number of carbonyl (C=O) groups is 2. The average molecular weight is 298 g/mol. The van der Waals surface area contributed by atoms with Crippen LogP contribution in [0, 0.1) is 0 Å². The highest BCUT2D eigenvalue weighted by atomic mass is 17.5. The van der Waals surface area contributed by atoms with Gasteiger partial charge in [0.25, 0.3) is 0 Å². The molecular formula is C14H18O7. The molecule has 0 aromatic heterocycles. The van der Waals surface area contributed by atoms with Crippen molar-refractivity contribution < 1.29 is 33.9 Å². The molecule has 7 heteroatoms. The number of unbranched alkanes of at least 4 members (excludes halogenated alkanes) is 1. The van der Waals surface area contributed by atoms with Crippen molar-refractivity contribution in [1.29, 1.82) is 0 Å². The molecule has 1 rings (SSSR count). The van der Waals surface area contributed by atoms with E-state index in [1.807, 2.05) is 0 Å². The molecule has 0 radical (unpaired) electrons. The lowest BCUT2D eigenvalue weighted by molar-refractivity contribution is -0.452. The maximum absolute atomic E-state index is 11.5. The van der Waals surface area contributed by atoms with Crippen LogP contribution in [0.1, 0.15) is 37.0 Å². The first kappa shape index (κ1) is 16.8. The zero-order valence-electron chi connectivity index (χ0n) is 12.0. The number of benzene rings is 1. The second-order valence-corrected chi connectivity index (χ2v) is 3.93. The van der Waals surface area contributed by atoms with Crippen molar-refractivity contribution in [3.05, 3.63) is 29.8 Å². The van der Waals surface area contributed by atoms with Gasteiger partial charge in [-0.3, -0.25) is 4.89 Å². The quantitative estimate of drug-likeness (QED) is 0.316. The van der Waals surface area contributed by atoms with Crippen LogP contribution in [0.4, 0.5) is 4.79 Å². The second-order valence-electron chi connectivity index (χ2n) is 3.93. The smallest absolute Gasteiger partial charge is 0.494 e. The highest BCUT2D eigenvalue weighted by molar-refractivity contribution is 5.89. The highest BCUT2D eigenvalue weighted by Gasteiger charge is 2.11. The van der Waals surface area contributed by atoms with Crippen LogP contribution in [0.3, 0.4) is 0 Å². The molecule has 0 N–H and O–H groups in total. The van der Waals surface area contributed by atoms with Gasteiger partial charge in [-0.1, -0.05) is 13.3 Å². The van der Waals surface area contributed by atoms with Gasteiger partial charge in [0, 0.05) is 0 Å². The summed E-state index contributed by atoms with van der Waals surface area (Å²) >= 11 is 0. The third-order valence-corrected chi connectivity index (χ3v) is 2.33. The molecule has 0 aliphatic carbocycles. The van der Waals surface area contributed by atoms with Crippen LogP contribution in [-0.2, 0) is 19.6 Å². The van der Waals surface area contributed by atoms with E-state index >= 15 is 0 Å². The van der Waals surface area contributed by atoms with E-state index in [2.05, 4.69) is 26.5 Å². The molecule has 21 heavy (non-hydrogen) atoms. The first-order chi connectivity index (χ1) is 10.2. The van der Waals surface area contributed by atoms with Gasteiger partial charge in [0.1, 0.15) is 5.75 Å². The van der Waals surface area contributed by atoms with Crippen molar-refractivity contribution in [3.8, 4) is 5.75 Å². The van der Waals surface area contributed by atoms with E-state index in [0.717, 1.165) is 12.8 Å². The molecule has 0 fully saturated rings. The summed E-state index contributed by atoms with van der Waals surface area (Å²) in [5.41, 5.74) is 0.227. The zero-order valence-corrected chi connectivity index (χ0v) is 12.0. The summed E-state index contributed by atoms with van der Waals surface area (Å²) in [4.78, 5) is 30.6. The van der Waals surface area contributed by atoms with Gasteiger partial charge in [0.2, 0.25) is 0 Å². The lowest BCUT2D eigenvalue weighted by Crippen LogP contribution is -2.12. The predicted octanol–water partition coefficient (Wildman–Crippen LogP) is 3.04. The second kappa shape index (κ2) is 9.60. The standard InChI is InChI=1S/C14H18O7/c1-3-5-10-18-12-8-6-11(7-9-12)13(15)19-21-20-14(16)17-4-2/h6-9H,3-5,10H2,1-2H3. The van der Waals surface area contributed by atoms with Crippen LogP contribution >= 0.6 is 0 Å². The van der Waals surface area contributed by atoms with Crippen molar-refractivity contribution >= 4 is 12.1 Å². The Morgan fingerprint density at radius 3 is 2.38 bits per heavy atom.